The smallest absolute Gasteiger partial charge is 0.309 e. The molecule has 0 fully saturated rings. The highest BCUT2D eigenvalue weighted by Crippen LogP contribution is 2.44. The molecule has 0 unspecified atom stereocenters. The second-order valence-electron chi connectivity index (χ2n) is 12.7. The molecule has 0 radical (unpaired) electrons. The van der Waals surface area contributed by atoms with Crippen LogP contribution in [0.5, 0.6) is 0 Å². The van der Waals surface area contributed by atoms with Crippen LogP contribution < -0.4 is 0 Å². The fraction of sp³-hybridized carbons (Fsp3) is 0.122. The molecule has 8 heteroatoms. The molecule has 2 heterocycles. The third-order valence-corrected chi connectivity index (χ3v) is 9.33. The summed E-state index contributed by atoms with van der Waals surface area (Å²) in [5.74, 6) is 0. The molecule has 0 aliphatic carbocycles. The zero-order valence-corrected chi connectivity index (χ0v) is 26.6. The van der Waals surface area contributed by atoms with E-state index in [4.69, 9.17) is 0 Å². The Morgan fingerprint density at radius 3 is 1.16 bits per heavy atom. The highest BCUT2D eigenvalue weighted by atomic mass is 19.4. The molecule has 49 heavy (non-hydrogen) atoms. The van der Waals surface area contributed by atoms with Crippen molar-refractivity contribution < 1.29 is 26.3 Å². The minimum atomic E-state index is -4.70. The molecular formula is C41H28F6N2. The van der Waals surface area contributed by atoms with E-state index in [0.717, 1.165) is 50.4 Å². The Hall–Kier alpha value is -5.50. The number of hydrogen-bond acceptors (Lipinski definition) is 0. The van der Waals surface area contributed by atoms with Gasteiger partial charge in [0, 0.05) is 21.5 Å². The van der Waals surface area contributed by atoms with Gasteiger partial charge in [-0.05, 0) is 98.6 Å². The molecule has 0 N–H and O–H groups in total. The Bertz CT molecular complexity index is 2560. The third kappa shape index (κ3) is 4.96. The summed E-state index contributed by atoms with van der Waals surface area (Å²) < 4.78 is 91.4. The van der Waals surface area contributed by atoms with Crippen LogP contribution in [0.3, 0.4) is 0 Å². The van der Waals surface area contributed by atoms with Gasteiger partial charge in [0.25, 0.3) is 0 Å². The van der Waals surface area contributed by atoms with Crippen LogP contribution >= 0.6 is 0 Å². The van der Waals surface area contributed by atoms with Crippen LogP contribution in [-0.2, 0) is 12.4 Å². The maximum atomic E-state index is 14.7. The second kappa shape index (κ2) is 10.8. The number of alkyl halides is 6. The van der Waals surface area contributed by atoms with Gasteiger partial charge >= 0.3 is 12.4 Å². The number of rotatable bonds is 3. The number of aromatic nitrogens is 2. The van der Waals surface area contributed by atoms with Gasteiger partial charge in [0.15, 0.2) is 0 Å². The van der Waals surface area contributed by atoms with E-state index < -0.39 is 23.5 Å². The van der Waals surface area contributed by atoms with Crippen molar-refractivity contribution in [1.29, 1.82) is 0 Å². The maximum Gasteiger partial charge on any atom is 0.418 e. The Kier molecular flexibility index (Phi) is 6.76. The van der Waals surface area contributed by atoms with Gasteiger partial charge in [-0.3, -0.25) is 0 Å². The molecule has 0 saturated heterocycles. The fourth-order valence-electron chi connectivity index (χ4n) is 7.13. The molecule has 0 aliphatic rings. The van der Waals surface area contributed by atoms with Crippen LogP contribution in [0.4, 0.5) is 26.3 Å². The lowest BCUT2D eigenvalue weighted by Gasteiger charge is -2.20. The molecule has 0 atom stereocenters. The van der Waals surface area contributed by atoms with E-state index in [9.17, 15) is 26.3 Å². The fourth-order valence-corrected chi connectivity index (χ4v) is 7.13. The predicted octanol–water partition coefficient (Wildman–Crippen LogP) is 12.5. The average molecular weight is 663 g/mol. The van der Waals surface area contributed by atoms with Crippen molar-refractivity contribution in [3.8, 4) is 22.5 Å². The summed E-state index contributed by atoms with van der Waals surface area (Å²) in [6, 6.07) is 31.7. The molecule has 0 amide bonds. The molecule has 244 valence electrons. The number of hydrogen-bond donors (Lipinski definition) is 0. The largest absolute Gasteiger partial charge is 0.418 e. The van der Waals surface area contributed by atoms with E-state index in [-0.39, 0.29) is 11.4 Å². The lowest BCUT2D eigenvalue weighted by atomic mass is 9.99. The molecule has 2 aromatic heterocycles. The summed E-state index contributed by atoms with van der Waals surface area (Å²) in [6.07, 6.45) is -9.39. The van der Waals surface area contributed by atoms with Gasteiger partial charge in [0.2, 0.25) is 0 Å². The lowest BCUT2D eigenvalue weighted by Crippen LogP contribution is -2.12. The Labute approximate surface area is 277 Å². The standard InChI is InChI=1S/C41H28F6N2/c1-23-8-15-35-29(18-23)28-6-4-5-7-34(28)48(35)38-21-26(11-13-32(38)40(42,43)44)27-12-14-33(41(45,46)47)39(22-27)49-36-16-9-24(2)19-30(36)31-20-25(3)10-17-37(31)49/h4-22H,1-3H3. The first-order valence-corrected chi connectivity index (χ1v) is 15.7. The van der Waals surface area contributed by atoms with Crippen molar-refractivity contribution in [2.75, 3.05) is 0 Å². The zero-order valence-electron chi connectivity index (χ0n) is 26.6. The summed E-state index contributed by atoms with van der Waals surface area (Å²) >= 11 is 0. The maximum absolute atomic E-state index is 14.7. The summed E-state index contributed by atoms with van der Waals surface area (Å²) in [5.41, 5.74) is 4.08. The Morgan fingerprint density at radius 2 is 0.755 bits per heavy atom. The molecule has 8 aromatic rings. The first kappa shape index (κ1) is 30.8. The molecule has 8 rings (SSSR count). The molecule has 0 aliphatic heterocycles. The normalized spacial score (nSPS) is 12.6. The predicted molar refractivity (Wildman–Crippen MR) is 185 cm³/mol. The van der Waals surface area contributed by atoms with Crippen LogP contribution in [0.15, 0.2) is 115 Å². The number of aryl methyl sites for hydroxylation is 3. The van der Waals surface area contributed by atoms with Crippen molar-refractivity contribution in [3.05, 3.63) is 143 Å². The number of para-hydroxylation sites is 1. The topological polar surface area (TPSA) is 9.86 Å². The molecular weight excluding hydrogens is 634 g/mol. The van der Waals surface area contributed by atoms with Gasteiger partial charge in [-0.2, -0.15) is 26.3 Å². The molecule has 0 saturated carbocycles. The first-order valence-electron chi connectivity index (χ1n) is 15.7. The third-order valence-electron chi connectivity index (χ3n) is 9.33. The second-order valence-corrected chi connectivity index (χ2v) is 12.7. The number of halogens is 6. The van der Waals surface area contributed by atoms with E-state index in [1.165, 1.54) is 24.3 Å². The molecule has 0 spiro atoms. The van der Waals surface area contributed by atoms with E-state index >= 15 is 0 Å². The number of nitrogens with zero attached hydrogens (tertiary/aromatic N) is 2. The molecule has 0 bridgehead atoms. The lowest BCUT2D eigenvalue weighted by molar-refractivity contribution is -0.138. The van der Waals surface area contributed by atoms with Gasteiger partial charge in [-0.1, -0.05) is 65.2 Å². The van der Waals surface area contributed by atoms with E-state index in [1.54, 1.807) is 27.3 Å². The van der Waals surface area contributed by atoms with Crippen molar-refractivity contribution in [3.63, 3.8) is 0 Å². The summed E-state index contributed by atoms with van der Waals surface area (Å²) in [4.78, 5) is 0. The van der Waals surface area contributed by atoms with E-state index in [0.29, 0.717) is 33.2 Å². The van der Waals surface area contributed by atoms with Gasteiger partial charge in [0.1, 0.15) is 0 Å². The van der Waals surface area contributed by atoms with Crippen LogP contribution in [-0.4, -0.2) is 9.13 Å². The van der Waals surface area contributed by atoms with Gasteiger partial charge in [-0.15, -0.1) is 0 Å². The SMILES string of the molecule is Cc1ccc2c(c1)c1ccccc1n2-c1cc(-c2ccc(C(F)(F)F)c(-n3c4ccc(C)cc4c4cc(C)ccc43)c2)ccc1C(F)(F)F. The monoisotopic (exact) mass is 662 g/mol. The zero-order chi connectivity index (χ0) is 34.4. The first-order chi connectivity index (χ1) is 23.3. The van der Waals surface area contributed by atoms with Gasteiger partial charge in [0.05, 0.1) is 44.6 Å². The van der Waals surface area contributed by atoms with Crippen molar-refractivity contribution in [1.82, 2.24) is 9.13 Å². The van der Waals surface area contributed by atoms with Crippen LogP contribution in [0, 0.1) is 20.8 Å². The number of benzene rings is 6. The Morgan fingerprint density at radius 1 is 0.388 bits per heavy atom. The summed E-state index contributed by atoms with van der Waals surface area (Å²) in [5, 5.41) is 3.24. The van der Waals surface area contributed by atoms with E-state index in [2.05, 4.69) is 0 Å². The van der Waals surface area contributed by atoms with Crippen molar-refractivity contribution >= 4 is 43.6 Å². The highest BCUT2D eigenvalue weighted by molar-refractivity contribution is 6.11. The van der Waals surface area contributed by atoms with Crippen LogP contribution in [0.2, 0.25) is 0 Å². The Balaban J connectivity index is 1.42. The average Bonchev–Trinajstić information content (AvgIpc) is 3.55. The van der Waals surface area contributed by atoms with E-state index in [1.807, 2.05) is 81.4 Å². The van der Waals surface area contributed by atoms with Crippen LogP contribution in [0.1, 0.15) is 27.8 Å². The van der Waals surface area contributed by atoms with Crippen molar-refractivity contribution in [2.45, 2.75) is 33.1 Å². The minimum Gasteiger partial charge on any atom is -0.309 e. The van der Waals surface area contributed by atoms with Gasteiger partial charge < -0.3 is 9.13 Å². The minimum absolute atomic E-state index is 0.105. The summed E-state index contributed by atoms with van der Waals surface area (Å²) in [6.45, 7) is 5.79. The molecule has 2 nitrogen and oxygen atoms in total. The van der Waals surface area contributed by atoms with Crippen molar-refractivity contribution in [2.24, 2.45) is 0 Å². The quantitative estimate of drug-likeness (QED) is 0.167. The summed E-state index contributed by atoms with van der Waals surface area (Å²) in [7, 11) is 0. The number of fused-ring (bicyclic) bond motifs is 6. The van der Waals surface area contributed by atoms with Crippen LogP contribution in [0.25, 0.3) is 66.1 Å². The molecule has 6 aromatic carbocycles. The highest BCUT2D eigenvalue weighted by Gasteiger charge is 2.37. The van der Waals surface area contributed by atoms with Gasteiger partial charge in [-0.25, -0.2) is 0 Å².